The van der Waals surface area contributed by atoms with Gasteiger partial charge in [0.05, 0.1) is 5.75 Å². The fourth-order valence-corrected chi connectivity index (χ4v) is 5.04. The molecule has 2 rings (SSSR count). The Hall–Kier alpha value is -0.620. The number of amides is 1. The Bertz CT molecular complexity index is 441. The van der Waals surface area contributed by atoms with Crippen molar-refractivity contribution in [1.29, 1.82) is 0 Å². The second-order valence-corrected chi connectivity index (χ2v) is 8.15. The summed E-state index contributed by atoms with van der Waals surface area (Å²) < 4.78 is 25.8. The lowest BCUT2D eigenvalue weighted by Gasteiger charge is -2.34. The third-order valence-electron chi connectivity index (χ3n) is 4.69. The van der Waals surface area contributed by atoms with E-state index < -0.39 is 10.0 Å². The molecule has 5 nitrogen and oxygen atoms in total. The van der Waals surface area contributed by atoms with Gasteiger partial charge in [-0.15, -0.1) is 0 Å². The van der Waals surface area contributed by atoms with Crippen LogP contribution in [0.5, 0.6) is 0 Å². The van der Waals surface area contributed by atoms with Crippen LogP contribution in [0.1, 0.15) is 39.5 Å². The lowest BCUT2D eigenvalue weighted by molar-refractivity contribution is -0.130. The fourth-order valence-electron chi connectivity index (χ4n) is 3.46. The number of carbonyl (C=O) groups excluding carboxylic acids is 1. The molecule has 0 aromatic rings. The first-order valence-electron chi connectivity index (χ1n) is 7.67. The molecule has 0 radical (unpaired) electrons. The first-order chi connectivity index (χ1) is 9.44. The van der Waals surface area contributed by atoms with Crippen LogP contribution in [0.4, 0.5) is 0 Å². The van der Waals surface area contributed by atoms with E-state index in [-0.39, 0.29) is 11.7 Å². The molecular formula is C14H26N2O3S. The van der Waals surface area contributed by atoms with Gasteiger partial charge in [0.15, 0.2) is 0 Å². The van der Waals surface area contributed by atoms with Gasteiger partial charge in [0.2, 0.25) is 15.9 Å². The highest BCUT2D eigenvalue weighted by Gasteiger charge is 2.36. The number of rotatable bonds is 4. The Morgan fingerprint density at radius 2 is 1.70 bits per heavy atom. The second kappa shape index (κ2) is 6.43. The van der Waals surface area contributed by atoms with Gasteiger partial charge in [-0.25, -0.2) is 12.7 Å². The number of likely N-dealkylation sites (tertiary alicyclic amines) is 1. The Balaban J connectivity index is 1.86. The van der Waals surface area contributed by atoms with Crippen molar-refractivity contribution in [2.45, 2.75) is 39.5 Å². The smallest absolute Gasteiger partial charge is 0.219 e. The molecule has 1 unspecified atom stereocenters. The fraction of sp³-hybridized carbons (Fsp3) is 0.929. The summed E-state index contributed by atoms with van der Waals surface area (Å²) in [6.07, 6.45) is 3.70. The van der Waals surface area contributed by atoms with Crippen LogP contribution in [0.2, 0.25) is 0 Å². The summed E-state index contributed by atoms with van der Waals surface area (Å²) in [7, 11) is -3.04. The molecule has 1 amide bonds. The van der Waals surface area contributed by atoms with Crippen molar-refractivity contribution >= 4 is 15.9 Å². The minimum atomic E-state index is -3.04. The van der Waals surface area contributed by atoms with Gasteiger partial charge >= 0.3 is 0 Å². The normalized spacial score (nSPS) is 26.1. The standard InChI is InChI=1S/C14H26N2O3S/c1-3-10-20(18,19)16-9-6-14(11-16)13-4-7-15(8-5-13)12(2)17/h13-14H,3-11H2,1-2H3. The molecule has 0 bridgehead atoms. The molecule has 2 fully saturated rings. The van der Waals surface area contributed by atoms with Crippen LogP contribution in [0.25, 0.3) is 0 Å². The van der Waals surface area contributed by atoms with Crippen molar-refractivity contribution in [3.05, 3.63) is 0 Å². The average molecular weight is 302 g/mol. The van der Waals surface area contributed by atoms with Crippen LogP contribution in [0.15, 0.2) is 0 Å². The molecule has 1 atom stereocenters. The number of carbonyl (C=O) groups is 1. The molecule has 2 heterocycles. The Labute approximate surface area is 122 Å². The van der Waals surface area contributed by atoms with Gasteiger partial charge in [0.1, 0.15) is 0 Å². The van der Waals surface area contributed by atoms with E-state index in [1.165, 1.54) is 0 Å². The number of hydrogen-bond donors (Lipinski definition) is 0. The maximum absolute atomic E-state index is 12.1. The molecule has 0 saturated carbocycles. The van der Waals surface area contributed by atoms with Crippen LogP contribution in [0, 0.1) is 11.8 Å². The highest BCUT2D eigenvalue weighted by Crippen LogP contribution is 2.33. The van der Waals surface area contributed by atoms with Crippen molar-refractivity contribution in [2.75, 3.05) is 31.9 Å². The zero-order valence-electron chi connectivity index (χ0n) is 12.5. The van der Waals surface area contributed by atoms with E-state index in [2.05, 4.69) is 0 Å². The van der Waals surface area contributed by atoms with Gasteiger partial charge in [0.25, 0.3) is 0 Å². The van der Waals surface area contributed by atoms with Gasteiger partial charge in [-0.2, -0.15) is 0 Å². The van der Waals surface area contributed by atoms with Crippen molar-refractivity contribution in [3.8, 4) is 0 Å². The molecule has 0 aliphatic carbocycles. The zero-order valence-corrected chi connectivity index (χ0v) is 13.4. The predicted octanol–water partition coefficient (Wildman–Crippen LogP) is 1.31. The molecule has 2 aliphatic heterocycles. The molecule has 0 spiro atoms. The van der Waals surface area contributed by atoms with Gasteiger partial charge < -0.3 is 4.90 Å². The minimum absolute atomic E-state index is 0.155. The molecule has 2 aliphatic rings. The van der Waals surface area contributed by atoms with Crippen LogP contribution in [-0.4, -0.2) is 55.5 Å². The van der Waals surface area contributed by atoms with Crippen molar-refractivity contribution in [1.82, 2.24) is 9.21 Å². The Morgan fingerprint density at radius 3 is 2.25 bits per heavy atom. The lowest BCUT2D eigenvalue weighted by Crippen LogP contribution is -2.39. The summed E-state index contributed by atoms with van der Waals surface area (Å²) in [5.41, 5.74) is 0. The molecule has 0 aromatic carbocycles. The molecule has 0 aromatic heterocycles. The van der Waals surface area contributed by atoms with E-state index in [0.717, 1.165) is 32.4 Å². The number of sulfonamides is 1. The predicted molar refractivity (Wildman–Crippen MR) is 78.7 cm³/mol. The molecule has 0 N–H and O–H groups in total. The van der Waals surface area contributed by atoms with Gasteiger partial charge in [0, 0.05) is 33.1 Å². The Morgan fingerprint density at radius 1 is 1.10 bits per heavy atom. The monoisotopic (exact) mass is 302 g/mol. The van der Waals surface area contributed by atoms with E-state index in [9.17, 15) is 13.2 Å². The van der Waals surface area contributed by atoms with E-state index >= 15 is 0 Å². The summed E-state index contributed by atoms with van der Waals surface area (Å²) in [4.78, 5) is 13.2. The third kappa shape index (κ3) is 3.52. The van der Waals surface area contributed by atoms with Gasteiger partial charge in [-0.05, 0) is 37.5 Å². The largest absolute Gasteiger partial charge is 0.343 e. The van der Waals surface area contributed by atoms with E-state index in [0.29, 0.717) is 31.3 Å². The highest BCUT2D eigenvalue weighted by molar-refractivity contribution is 7.89. The van der Waals surface area contributed by atoms with Crippen LogP contribution >= 0.6 is 0 Å². The van der Waals surface area contributed by atoms with Crippen LogP contribution < -0.4 is 0 Å². The van der Waals surface area contributed by atoms with E-state index in [1.54, 1.807) is 11.2 Å². The number of piperidine rings is 1. The van der Waals surface area contributed by atoms with Crippen molar-refractivity contribution < 1.29 is 13.2 Å². The molecular weight excluding hydrogens is 276 g/mol. The number of nitrogens with zero attached hydrogens (tertiary/aromatic N) is 2. The molecule has 2 saturated heterocycles. The maximum atomic E-state index is 12.1. The number of hydrogen-bond acceptors (Lipinski definition) is 3. The highest BCUT2D eigenvalue weighted by atomic mass is 32.2. The van der Waals surface area contributed by atoms with Crippen LogP contribution in [-0.2, 0) is 14.8 Å². The zero-order chi connectivity index (χ0) is 14.8. The van der Waals surface area contributed by atoms with Crippen molar-refractivity contribution in [2.24, 2.45) is 11.8 Å². The quantitative estimate of drug-likeness (QED) is 0.786. The summed E-state index contributed by atoms with van der Waals surface area (Å²) >= 11 is 0. The summed E-state index contributed by atoms with van der Waals surface area (Å²) in [5.74, 6) is 1.48. The Kier molecular flexibility index (Phi) is 5.07. The summed E-state index contributed by atoms with van der Waals surface area (Å²) in [6.45, 7) is 6.56. The summed E-state index contributed by atoms with van der Waals surface area (Å²) in [5, 5.41) is 0. The maximum Gasteiger partial charge on any atom is 0.219 e. The lowest BCUT2D eigenvalue weighted by atomic mass is 9.84. The van der Waals surface area contributed by atoms with Crippen LogP contribution in [0.3, 0.4) is 0 Å². The molecule has 20 heavy (non-hydrogen) atoms. The van der Waals surface area contributed by atoms with E-state index in [4.69, 9.17) is 0 Å². The van der Waals surface area contributed by atoms with E-state index in [1.807, 2.05) is 11.8 Å². The minimum Gasteiger partial charge on any atom is -0.343 e. The SMILES string of the molecule is CCCS(=O)(=O)N1CCC(C2CCN(C(C)=O)CC2)C1. The summed E-state index contributed by atoms with van der Waals surface area (Å²) in [6, 6.07) is 0. The first-order valence-corrected chi connectivity index (χ1v) is 9.28. The van der Waals surface area contributed by atoms with Gasteiger partial charge in [-0.3, -0.25) is 4.79 Å². The van der Waals surface area contributed by atoms with Crippen molar-refractivity contribution in [3.63, 3.8) is 0 Å². The third-order valence-corrected chi connectivity index (χ3v) is 6.74. The first kappa shape index (κ1) is 15.8. The van der Waals surface area contributed by atoms with Gasteiger partial charge in [-0.1, -0.05) is 6.92 Å². The molecule has 6 heteroatoms. The molecule has 116 valence electrons. The topological polar surface area (TPSA) is 57.7 Å². The second-order valence-electron chi connectivity index (χ2n) is 6.07. The average Bonchev–Trinajstić information content (AvgIpc) is 2.89.